The van der Waals surface area contributed by atoms with E-state index in [4.69, 9.17) is 10.2 Å². The summed E-state index contributed by atoms with van der Waals surface area (Å²) in [5, 5.41) is 19.5. The number of carboxylic acids is 2. The van der Waals surface area contributed by atoms with Gasteiger partial charge in [-0.15, -0.1) is 0 Å². The van der Waals surface area contributed by atoms with E-state index < -0.39 is 30.3 Å². The summed E-state index contributed by atoms with van der Waals surface area (Å²) >= 11 is 0. The van der Waals surface area contributed by atoms with Gasteiger partial charge in [-0.25, -0.2) is 4.79 Å². The third-order valence-electron chi connectivity index (χ3n) is 2.87. The standard InChI is InChI=1S/C11H18N2O5/c14-9(3-6-13-4-1-2-5-13)12-8(11(17)18)7-10(15)16/h8H,1-7H2,(H,12,14)(H,15,16)(H,17,18). The van der Waals surface area contributed by atoms with Gasteiger partial charge in [-0.1, -0.05) is 0 Å². The highest BCUT2D eigenvalue weighted by Crippen LogP contribution is 2.07. The zero-order chi connectivity index (χ0) is 13.5. The molecule has 1 amide bonds. The minimum atomic E-state index is -1.35. The average molecular weight is 258 g/mol. The van der Waals surface area contributed by atoms with Crippen molar-refractivity contribution in [3.05, 3.63) is 0 Å². The first-order valence-electron chi connectivity index (χ1n) is 5.95. The lowest BCUT2D eigenvalue weighted by molar-refractivity contribution is -0.147. The predicted molar refractivity (Wildman–Crippen MR) is 62.1 cm³/mol. The quantitative estimate of drug-likeness (QED) is 0.569. The van der Waals surface area contributed by atoms with Crippen LogP contribution in [-0.2, 0) is 14.4 Å². The summed E-state index contributed by atoms with van der Waals surface area (Å²) in [6.45, 7) is 2.51. The highest BCUT2D eigenvalue weighted by atomic mass is 16.4. The predicted octanol–water partition coefficient (Wildman–Crippen LogP) is -0.484. The van der Waals surface area contributed by atoms with Crippen LogP contribution < -0.4 is 5.32 Å². The number of carbonyl (C=O) groups is 3. The summed E-state index contributed by atoms with van der Waals surface area (Å²) in [7, 11) is 0. The van der Waals surface area contributed by atoms with Crippen molar-refractivity contribution in [2.45, 2.75) is 31.7 Å². The molecule has 1 fully saturated rings. The fourth-order valence-corrected chi connectivity index (χ4v) is 1.91. The van der Waals surface area contributed by atoms with E-state index in [1.54, 1.807) is 0 Å². The maximum atomic E-state index is 11.5. The van der Waals surface area contributed by atoms with Crippen molar-refractivity contribution in [1.82, 2.24) is 10.2 Å². The smallest absolute Gasteiger partial charge is 0.326 e. The minimum Gasteiger partial charge on any atom is -0.481 e. The van der Waals surface area contributed by atoms with E-state index in [2.05, 4.69) is 10.2 Å². The number of nitrogens with one attached hydrogen (secondary N) is 1. The van der Waals surface area contributed by atoms with E-state index >= 15 is 0 Å². The zero-order valence-corrected chi connectivity index (χ0v) is 10.1. The Bertz CT molecular complexity index is 325. The number of amides is 1. The molecule has 0 aromatic heterocycles. The molecule has 7 nitrogen and oxygen atoms in total. The van der Waals surface area contributed by atoms with Gasteiger partial charge in [-0.2, -0.15) is 0 Å². The van der Waals surface area contributed by atoms with Gasteiger partial charge in [0, 0.05) is 13.0 Å². The van der Waals surface area contributed by atoms with Crippen LogP contribution in [0.25, 0.3) is 0 Å². The summed E-state index contributed by atoms with van der Waals surface area (Å²) in [6, 6.07) is -1.35. The molecule has 0 aliphatic carbocycles. The number of aliphatic carboxylic acids is 2. The van der Waals surface area contributed by atoms with E-state index in [0.29, 0.717) is 6.54 Å². The van der Waals surface area contributed by atoms with E-state index in [-0.39, 0.29) is 6.42 Å². The topological polar surface area (TPSA) is 107 Å². The number of hydrogen-bond acceptors (Lipinski definition) is 4. The Kier molecular flexibility index (Phi) is 5.57. The van der Waals surface area contributed by atoms with Gasteiger partial charge < -0.3 is 20.4 Å². The Balaban J connectivity index is 2.31. The van der Waals surface area contributed by atoms with Gasteiger partial charge in [0.15, 0.2) is 0 Å². The van der Waals surface area contributed by atoms with E-state index in [1.165, 1.54) is 0 Å². The first-order chi connectivity index (χ1) is 8.49. The third-order valence-corrected chi connectivity index (χ3v) is 2.87. The van der Waals surface area contributed by atoms with Gasteiger partial charge in [0.1, 0.15) is 6.04 Å². The summed E-state index contributed by atoms with van der Waals surface area (Å²) in [5.74, 6) is -3.00. The second kappa shape index (κ2) is 6.95. The number of carbonyl (C=O) groups excluding carboxylic acids is 1. The highest BCUT2D eigenvalue weighted by molar-refractivity contribution is 5.86. The molecule has 1 atom stereocenters. The van der Waals surface area contributed by atoms with Crippen LogP contribution in [0.15, 0.2) is 0 Å². The molecular formula is C11H18N2O5. The van der Waals surface area contributed by atoms with Gasteiger partial charge in [0.25, 0.3) is 0 Å². The number of nitrogens with zero attached hydrogens (tertiary/aromatic N) is 1. The zero-order valence-electron chi connectivity index (χ0n) is 10.1. The maximum Gasteiger partial charge on any atom is 0.326 e. The van der Waals surface area contributed by atoms with Gasteiger partial charge in [0.05, 0.1) is 6.42 Å². The molecular weight excluding hydrogens is 240 g/mol. The van der Waals surface area contributed by atoms with Gasteiger partial charge in [-0.3, -0.25) is 9.59 Å². The van der Waals surface area contributed by atoms with Gasteiger partial charge in [0.2, 0.25) is 5.91 Å². The van der Waals surface area contributed by atoms with Crippen LogP contribution in [0.5, 0.6) is 0 Å². The van der Waals surface area contributed by atoms with Gasteiger partial charge in [-0.05, 0) is 25.9 Å². The summed E-state index contributed by atoms with van der Waals surface area (Å²) in [6.07, 6.45) is 1.84. The first-order valence-corrected chi connectivity index (χ1v) is 5.95. The van der Waals surface area contributed by atoms with E-state index in [1.807, 2.05) is 0 Å². The van der Waals surface area contributed by atoms with E-state index in [9.17, 15) is 14.4 Å². The lowest BCUT2D eigenvalue weighted by Gasteiger charge is -2.16. The molecule has 3 N–H and O–H groups in total. The van der Waals surface area contributed by atoms with Crippen LogP contribution in [0.4, 0.5) is 0 Å². The average Bonchev–Trinajstić information content (AvgIpc) is 2.77. The normalized spacial score (nSPS) is 17.3. The second-order valence-corrected chi connectivity index (χ2v) is 4.35. The van der Waals surface area contributed by atoms with Crippen LogP contribution in [0.3, 0.4) is 0 Å². The molecule has 0 aromatic rings. The molecule has 0 bridgehead atoms. The van der Waals surface area contributed by atoms with Crippen molar-refractivity contribution < 1.29 is 24.6 Å². The largest absolute Gasteiger partial charge is 0.481 e. The summed E-state index contributed by atoms with van der Waals surface area (Å²) in [5.41, 5.74) is 0. The minimum absolute atomic E-state index is 0.198. The third kappa shape index (κ3) is 5.13. The molecule has 1 heterocycles. The number of carboxylic acid groups (broad SMARTS) is 2. The van der Waals surface area contributed by atoms with Crippen molar-refractivity contribution >= 4 is 17.8 Å². The lowest BCUT2D eigenvalue weighted by Crippen LogP contribution is -2.43. The fraction of sp³-hybridized carbons (Fsp3) is 0.727. The number of hydrogen-bond donors (Lipinski definition) is 3. The SMILES string of the molecule is O=C(O)CC(NC(=O)CCN1CCCC1)C(=O)O. The van der Waals surface area contributed by atoms with Crippen LogP contribution in [0.2, 0.25) is 0 Å². The molecule has 18 heavy (non-hydrogen) atoms. The van der Waals surface area contributed by atoms with Crippen LogP contribution in [0, 0.1) is 0 Å². The Morgan fingerprint density at radius 2 is 1.78 bits per heavy atom. The molecule has 1 rings (SSSR count). The van der Waals surface area contributed by atoms with Crippen LogP contribution >= 0.6 is 0 Å². The first kappa shape index (κ1) is 14.4. The monoisotopic (exact) mass is 258 g/mol. The Hall–Kier alpha value is -1.63. The molecule has 7 heteroatoms. The molecule has 1 aliphatic heterocycles. The fourth-order valence-electron chi connectivity index (χ4n) is 1.91. The Labute approximate surface area is 105 Å². The Morgan fingerprint density at radius 1 is 1.17 bits per heavy atom. The molecule has 1 saturated heterocycles. The second-order valence-electron chi connectivity index (χ2n) is 4.35. The molecule has 0 aromatic carbocycles. The van der Waals surface area contributed by atoms with Crippen molar-refractivity contribution in [3.8, 4) is 0 Å². The number of likely N-dealkylation sites (tertiary alicyclic amines) is 1. The van der Waals surface area contributed by atoms with Crippen molar-refractivity contribution in [3.63, 3.8) is 0 Å². The summed E-state index contributed by atoms with van der Waals surface area (Å²) in [4.78, 5) is 34.8. The van der Waals surface area contributed by atoms with Crippen LogP contribution in [0.1, 0.15) is 25.7 Å². The van der Waals surface area contributed by atoms with Gasteiger partial charge >= 0.3 is 11.9 Å². The van der Waals surface area contributed by atoms with Crippen molar-refractivity contribution in [2.24, 2.45) is 0 Å². The molecule has 0 spiro atoms. The summed E-state index contributed by atoms with van der Waals surface area (Å²) < 4.78 is 0. The lowest BCUT2D eigenvalue weighted by atomic mass is 10.2. The molecule has 102 valence electrons. The van der Waals surface area contributed by atoms with Crippen LogP contribution in [-0.4, -0.2) is 58.6 Å². The van der Waals surface area contributed by atoms with Crippen molar-refractivity contribution in [2.75, 3.05) is 19.6 Å². The van der Waals surface area contributed by atoms with E-state index in [0.717, 1.165) is 25.9 Å². The maximum absolute atomic E-state index is 11.5. The molecule has 1 aliphatic rings. The number of rotatable bonds is 7. The highest BCUT2D eigenvalue weighted by Gasteiger charge is 2.23. The molecule has 0 radical (unpaired) electrons. The van der Waals surface area contributed by atoms with Crippen molar-refractivity contribution in [1.29, 1.82) is 0 Å². The Morgan fingerprint density at radius 3 is 2.28 bits per heavy atom. The molecule has 1 unspecified atom stereocenters. The molecule has 0 saturated carbocycles.